The molecule has 29 heavy (non-hydrogen) atoms. The Labute approximate surface area is 178 Å². The van der Waals surface area contributed by atoms with Gasteiger partial charge in [0.15, 0.2) is 0 Å². The van der Waals surface area contributed by atoms with Crippen molar-refractivity contribution in [1.29, 1.82) is 0 Å². The molecular formula is C23H43NO5. The molecule has 0 bridgehead atoms. The van der Waals surface area contributed by atoms with Crippen LogP contribution in [0.4, 0.5) is 4.79 Å². The van der Waals surface area contributed by atoms with Gasteiger partial charge in [0.25, 0.3) is 0 Å². The molecule has 0 heterocycles. The smallest absolute Gasteiger partial charge is 0.462 e. The van der Waals surface area contributed by atoms with Gasteiger partial charge in [-0.25, -0.2) is 4.79 Å². The highest BCUT2D eigenvalue weighted by Gasteiger charge is 2.18. The first-order valence-electron chi connectivity index (χ1n) is 11.3. The normalized spacial score (nSPS) is 12.2. The number of unbranched alkanes of at least 4 members (excludes halogenated alkanes) is 5. The number of hydrogen-bond donors (Lipinski definition) is 0. The van der Waals surface area contributed by atoms with Crippen LogP contribution in [0.2, 0.25) is 0 Å². The Morgan fingerprint density at radius 2 is 1.52 bits per heavy atom. The van der Waals surface area contributed by atoms with Gasteiger partial charge in [0.1, 0.15) is 12.2 Å². The fraction of sp³-hybridized carbons (Fsp3) is 0.826. The molecule has 0 saturated carbocycles. The first-order chi connectivity index (χ1) is 13.9. The zero-order valence-corrected chi connectivity index (χ0v) is 19.0. The van der Waals surface area contributed by atoms with Crippen LogP contribution >= 0.6 is 0 Å². The molecule has 2 radical (unpaired) electrons. The van der Waals surface area contributed by atoms with E-state index in [1.807, 2.05) is 0 Å². The number of carbonyl (C=O) groups is 2. The van der Waals surface area contributed by atoms with Crippen LogP contribution in [-0.2, 0) is 19.0 Å². The third-order valence-electron chi connectivity index (χ3n) is 4.84. The van der Waals surface area contributed by atoms with Crippen molar-refractivity contribution in [1.82, 2.24) is 4.90 Å². The van der Waals surface area contributed by atoms with Crippen LogP contribution in [0.5, 0.6) is 0 Å². The third kappa shape index (κ3) is 17.3. The van der Waals surface area contributed by atoms with Gasteiger partial charge in [-0.2, -0.15) is 0 Å². The molecule has 0 rings (SSSR count). The predicted octanol–water partition coefficient (Wildman–Crippen LogP) is 5.35. The summed E-state index contributed by atoms with van der Waals surface area (Å²) in [5, 5.41) is 0. The lowest BCUT2D eigenvalue weighted by Gasteiger charge is -2.19. The fourth-order valence-electron chi connectivity index (χ4n) is 3.09. The highest BCUT2D eigenvalue weighted by atomic mass is 16.7. The molecule has 0 aromatic carbocycles. The van der Waals surface area contributed by atoms with Crippen molar-refractivity contribution in [3.63, 3.8) is 0 Å². The van der Waals surface area contributed by atoms with E-state index >= 15 is 0 Å². The minimum absolute atomic E-state index is 0.178. The molecule has 6 heteroatoms. The monoisotopic (exact) mass is 413 g/mol. The van der Waals surface area contributed by atoms with Crippen LogP contribution in [-0.4, -0.2) is 55.5 Å². The standard InChI is InChI=1S/C23H43NO5/c1-6-9-10-11-12-13-15-21(16-17-22(25)28-20(4)5)29-23(26)27-19-14-18-24(7-2)8-3/h20-21H,4-19H2,1-3H3. The first-order valence-corrected chi connectivity index (χ1v) is 11.3. The van der Waals surface area contributed by atoms with Gasteiger partial charge in [-0.15, -0.1) is 0 Å². The Kier molecular flexibility index (Phi) is 17.9. The molecule has 0 N–H and O–H groups in total. The van der Waals surface area contributed by atoms with Crippen molar-refractivity contribution in [3.8, 4) is 0 Å². The lowest BCUT2D eigenvalue weighted by Crippen LogP contribution is -2.26. The molecule has 0 spiro atoms. The molecule has 1 atom stereocenters. The molecule has 0 saturated heterocycles. The Bertz CT molecular complexity index is 410. The maximum Gasteiger partial charge on any atom is 0.508 e. The maximum absolute atomic E-state index is 12.0. The van der Waals surface area contributed by atoms with Gasteiger partial charge in [0, 0.05) is 13.0 Å². The van der Waals surface area contributed by atoms with Gasteiger partial charge in [-0.1, -0.05) is 52.9 Å². The number of nitrogens with zero attached hydrogens (tertiary/aromatic N) is 1. The van der Waals surface area contributed by atoms with Crippen molar-refractivity contribution < 1.29 is 23.8 Å². The summed E-state index contributed by atoms with van der Waals surface area (Å²) in [6, 6.07) is 0. The summed E-state index contributed by atoms with van der Waals surface area (Å²) in [5.41, 5.74) is 0. The summed E-state index contributed by atoms with van der Waals surface area (Å²) in [6.07, 6.45) is 7.44. The van der Waals surface area contributed by atoms with E-state index in [0.29, 0.717) is 13.0 Å². The van der Waals surface area contributed by atoms with E-state index in [0.717, 1.165) is 45.3 Å². The van der Waals surface area contributed by atoms with Gasteiger partial charge in [-0.3, -0.25) is 4.79 Å². The van der Waals surface area contributed by atoms with Crippen LogP contribution in [0.3, 0.4) is 0 Å². The zero-order chi connectivity index (χ0) is 21.9. The molecule has 1 unspecified atom stereocenters. The molecule has 170 valence electrons. The molecule has 0 aliphatic carbocycles. The molecule has 0 aromatic heterocycles. The molecule has 0 amide bonds. The molecule has 0 aliphatic rings. The molecule has 0 aromatic rings. The summed E-state index contributed by atoms with van der Waals surface area (Å²) in [6.45, 7) is 16.7. The number of rotatable bonds is 18. The quantitative estimate of drug-likeness (QED) is 0.223. The van der Waals surface area contributed by atoms with E-state index in [1.54, 1.807) is 0 Å². The second kappa shape index (κ2) is 18.7. The van der Waals surface area contributed by atoms with Crippen LogP contribution in [0.1, 0.15) is 85.0 Å². The minimum Gasteiger partial charge on any atom is -0.462 e. The third-order valence-corrected chi connectivity index (χ3v) is 4.84. The number of esters is 1. The van der Waals surface area contributed by atoms with Crippen molar-refractivity contribution in [2.24, 2.45) is 0 Å². The van der Waals surface area contributed by atoms with Crippen molar-refractivity contribution in [3.05, 3.63) is 13.8 Å². The summed E-state index contributed by atoms with van der Waals surface area (Å²) >= 11 is 0. The largest absolute Gasteiger partial charge is 0.508 e. The van der Waals surface area contributed by atoms with Crippen LogP contribution in [0.15, 0.2) is 0 Å². The SMILES string of the molecule is [CH2]C([CH2])OC(=O)CCC(CCCCCCCC)OC(=O)OCCCN(CC)CC. The van der Waals surface area contributed by atoms with E-state index in [-0.39, 0.29) is 18.5 Å². The van der Waals surface area contributed by atoms with Gasteiger partial charge >= 0.3 is 12.1 Å². The summed E-state index contributed by atoms with van der Waals surface area (Å²) < 4.78 is 15.7. The minimum atomic E-state index is -0.652. The Morgan fingerprint density at radius 1 is 0.862 bits per heavy atom. The molecule has 0 fully saturated rings. The summed E-state index contributed by atoms with van der Waals surface area (Å²) in [4.78, 5) is 26.1. The van der Waals surface area contributed by atoms with E-state index in [9.17, 15) is 9.59 Å². The zero-order valence-electron chi connectivity index (χ0n) is 19.0. The van der Waals surface area contributed by atoms with Gasteiger partial charge in [-0.05, 0) is 52.6 Å². The molecule has 0 aliphatic heterocycles. The highest BCUT2D eigenvalue weighted by Crippen LogP contribution is 2.16. The second-order valence-corrected chi connectivity index (χ2v) is 7.43. The van der Waals surface area contributed by atoms with Gasteiger partial charge in [0.2, 0.25) is 0 Å². The average Bonchev–Trinajstić information content (AvgIpc) is 2.68. The lowest BCUT2D eigenvalue weighted by atomic mass is 10.0. The van der Waals surface area contributed by atoms with E-state index in [2.05, 4.69) is 39.5 Å². The van der Waals surface area contributed by atoms with Crippen LogP contribution in [0, 0.1) is 13.8 Å². The van der Waals surface area contributed by atoms with Crippen LogP contribution < -0.4 is 0 Å². The summed E-state index contributed by atoms with van der Waals surface area (Å²) in [5.74, 6) is -0.371. The lowest BCUT2D eigenvalue weighted by molar-refractivity contribution is -0.146. The molecular weight excluding hydrogens is 370 g/mol. The Morgan fingerprint density at radius 3 is 2.14 bits per heavy atom. The van der Waals surface area contributed by atoms with Crippen LogP contribution in [0.25, 0.3) is 0 Å². The highest BCUT2D eigenvalue weighted by molar-refractivity contribution is 5.69. The first kappa shape index (κ1) is 27.7. The average molecular weight is 414 g/mol. The Hall–Kier alpha value is -1.30. The van der Waals surface area contributed by atoms with Crippen molar-refractivity contribution in [2.45, 2.75) is 97.2 Å². The van der Waals surface area contributed by atoms with E-state index in [1.165, 1.54) is 25.7 Å². The van der Waals surface area contributed by atoms with E-state index < -0.39 is 12.3 Å². The second-order valence-electron chi connectivity index (χ2n) is 7.43. The van der Waals surface area contributed by atoms with Crippen molar-refractivity contribution in [2.75, 3.05) is 26.2 Å². The Balaban J connectivity index is 4.28. The maximum atomic E-state index is 12.0. The van der Waals surface area contributed by atoms with Crippen molar-refractivity contribution >= 4 is 12.1 Å². The number of carbonyl (C=O) groups excluding carboxylic acids is 2. The number of ether oxygens (including phenoxy) is 3. The van der Waals surface area contributed by atoms with Gasteiger partial charge in [0.05, 0.1) is 6.61 Å². The fourth-order valence-corrected chi connectivity index (χ4v) is 3.09. The predicted molar refractivity (Wildman–Crippen MR) is 116 cm³/mol. The number of hydrogen-bond acceptors (Lipinski definition) is 6. The van der Waals surface area contributed by atoms with E-state index in [4.69, 9.17) is 14.2 Å². The summed E-state index contributed by atoms with van der Waals surface area (Å²) in [7, 11) is 0. The van der Waals surface area contributed by atoms with Gasteiger partial charge < -0.3 is 19.1 Å². The molecule has 6 nitrogen and oxygen atoms in total. The topological polar surface area (TPSA) is 65.1 Å².